The fourth-order valence-corrected chi connectivity index (χ4v) is 6.04. The number of hydrogen-bond donors (Lipinski definition) is 1. The molecule has 0 aliphatic rings. The van der Waals surface area contributed by atoms with Crippen LogP contribution in [0.5, 0.6) is 11.5 Å². The van der Waals surface area contributed by atoms with E-state index in [-0.39, 0.29) is 29.4 Å². The van der Waals surface area contributed by atoms with Crippen LogP contribution < -0.4 is 14.2 Å². The van der Waals surface area contributed by atoms with E-state index in [9.17, 15) is 16.8 Å². The largest absolute Gasteiger partial charge is 0.493 e. The van der Waals surface area contributed by atoms with E-state index in [4.69, 9.17) is 9.47 Å². The molecule has 35 heavy (non-hydrogen) atoms. The molecular weight excluding hydrogens is 488 g/mol. The normalized spacial score (nSPS) is 12.0. The van der Waals surface area contributed by atoms with Crippen molar-refractivity contribution in [1.82, 2.24) is 9.03 Å². The van der Waals surface area contributed by atoms with Gasteiger partial charge in [0.1, 0.15) is 0 Å². The minimum absolute atomic E-state index is 0.0123. The van der Waals surface area contributed by atoms with E-state index in [0.29, 0.717) is 17.9 Å². The monoisotopic (exact) mass is 518 g/mol. The zero-order chi connectivity index (χ0) is 25.5. The first-order valence-electron chi connectivity index (χ1n) is 11.1. The smallest absolute Gasteiger partial charge is 0.243 e. The lowest BCUT2D eigenvalue weighted by Crippen LogP contribution is -2.32. The molecule has 3 aromatic rings. The van der Waals surface area contributed by atoms with Crippen LogP contribution in [0.3, 0.4) is 0 Å². The lowest BCUT2D eigenvalue weighted by atomic mass is 10.1. The van der Waals surface area contributed by atoms with Gasteiger partial charge in [-0.25, -0.2) is 21.6 Å². The van der Waals surface area contributed by atoms with Crippen LogP contribution in [0.1, 0.15) is 18.1 Å². The van der Waals surface area contributed by atoms with Crippen LogP contribution in [0.4, 0.5) is 0 Å². The molecule has 0 spiro atoms. The Morgan fingerprint density at radius 3 is 2.00 bits per heavy atom. The van der Waals surface area contributed by atoms with Gasteiger partial charge in [-0.05, 0) is 53.9 Å². The van der Waals surface area contributed by atoms with E-state index in [0.717, 1.165) is 11.1 Å². The van der Waals surface area contributed by atoms with Crippen molar-refractivity contribution in [1.29, 1.82) is 0 Å². The van der Waals surface area contributed by atoms with Gasteiger partial charge in [-0.2, -0.15) is 4.31 Å². The van der Waals surface area contributed by atoms with E-state index in [1.807, 2.05) is 42.5 Å². The summed E-state index contributed by atoms with van der Waals surface area (Å²) in [5.41, 5.74) is 1.73. The van der Waals surface area contributed by atoms with Gasteiger partial charge in [-0.1, -0.05) is 43.3 Å². The second-order valence-corrected chi connectivity index (χ2v) is 11.4. The summed E-state index contributed by atoms with van der Waals surface area (Å²) in [5.74, 6) is 1.16. The predicted octanol–water partition coefficient (Wildman–Crippen LogP) is 3.44. The van der Waals surface area contributed by atoms with Gasteiger partial charge < -0.3 is 9.47 Å². The van der Waals surface area contributed by atoms with Gasteiger partial charge in [-0.15, -0.1) is 0 Å². The minimum atomic E-state index is -3.91. The SMILES string of the molecule is CCNS(=O)(=O)c1ccc(S(=O)(=O)N(CCc2ccc(OC)c(OC)c2)Cc2ccccc2)cc1. The maximum absolute atomic E-state index is 13.6. The molecule has 8 nitrogen and oxygen atoms in total. The molecule has 1 N–H and O–H groups in total. The molecule has 0 amide bonds. The quantitative estimate of drug-likeness (QED) is 0.394. The average molecular weight is 519 g/mol. The molecule has 10 heteroatoms. The third-order valence-electron chi connectivity index (χ3n) is 5.41. The molecule has 0 aromatic heterocycles. The highest BCUT2D eigenvalue weighted by atomic mass is 32.2. The molecule has 0 aliphatic carbocycles. The highest BCUT2D eigenvalue weighted by molar-refractivity contribution is 7.89. The van der Waals surface area contributed by atoms with Gasteiger partial charge >= 0.3 is 0 Å². The van der Waals surface area contributed by atoms with E-state index in [1.54, 1.807) is 27.2 Å². The average Bonchev–Trinajstić information content (AvgIpc) is 2.86. The first-order chi connectivity index (χ1) is 16.7. The Morgan fingerprint density at radius 1 is 0.771 bits per heavy atom. The molecule has 0 saturated heterocycles. The first kappa shape index (κ1) is 26.7. The van der Waals surface area contributed by atoms with Crippen LogP contribution in [0, 0.1) is 0 Å². The second-order valence-electron chi connectivity index (χ2n) is 7.74. The van der Waals surface area contributed by atoms with Crippen LogP contribution >= 0.6 is 0 Å². The summed E-state index contributed by atoms with van der Waals surface area (Å²) in [5, 5.41) is 0. The van der Waals surface area contributed by atoms with Crippen molar-refractivity contribution in [3.8, 4) is 11.5 Å². The number of nitrogens with one attached hydrogen (secondary N) is 1. The molecule has 3 aromatic carbocycles. The fourth-order valence-electron chi connectivity index (χ4n) is 3.57. The summed E-state index contributed by atoms with van der Waals surface area (Å²) >= 11 is 0. The van der Waals surface area contributed by atoms with Crippen LogP contribution in [0.25, 0.3) is 0 Å². The summed E-state index contributed by atoms with van der Waals surface area (Å²) in [6.45, 7) is 2.30. The number of methoxy groups -OCH3 is 2. The van der Waals surface area contributed by atoms with Crippen molar-refractivity contribution >= 4 is 20.0 Å². The highest BCUT2D eigenvalue weighted by Gasteiger charge is 2.25. The topological polar surface area (TPSA) is 102 Å². The van der Waals surface area contributed by atoms with Gasteiger partial charge in [0.15, 0.2) is 11.5 Å². The van der Waals surface area contributed by atoms with Crippen molar-refractivity contribution in [2.75, 3.05) is 27.3 Å². The fraction of sp³-hybridized carbons (Fsp3) is 0.280. The minimum Gasteiger partial charge on any atom is -0.493 e. The maximum Gasteiger partial charge on any atom is 0.243 e. The zero-order valence-corrected chi connectivity index (χ0v) is 21.6. The van der Waals surface area contributed by atoms with Gasteiger partial charge in [0, 0.05) is 19.6 Å². The summed E-state index contributed by atoms with van der Waals surface area (Å²) in [4.78, 5) is 0.0365. The number of benzene rings is 3. The number of sulfonamides is 2. The van der Waals surface area contributed by atoms with Crippen LogP contribution in [0.2, 0.25) is 0 Å². The third-order valence-corrected chi connectivity index (χ3v) is 8.83. The Balaban J connectivity index is 1.90. The molecule has 0 radical (unpaired) electrons. The maximum atomic E-state index is 13.6. The summed E-state index contributed by atoms with van der Waals surface area (Å²) in [6.07, 6.45) is 0.444. The molecule has 0 fully saturated rings. The third kappa shape index (κ3) is 6.61. The van der Waals surface area contributed by atoms with Gasteiger partial charge in [-0.3, -0.25) is 0 Å². The molecular formula is C25H30N2O6S2. The number of hydrogen-bond acceptors (Lipinski definition) is 6. The highest BCUT2D eigenvalue weighted by Crippen LogP contribution is 2.28. The molecule has 0 saturated carbocycles. The van der Waals surface area contributed by atoms with E-state index >= 15 is 0 Å². The Bertz CT molecular complexity index is 1330. The molecule has 0 aliphatic heterocycles. The molecule has 3 rings (SSSR count). The molecule has 0 unspecified atom stereocenters. The molecule has 0 heterocycles. The van der Waals surface area contributed by atoms with Crippen LogP contribution in [0.15, 0.2) is 82.6 Å². The van der Waals surface area contributed by atoms with E-state index in [1.165, 1.54) is 28.6 Å². The Hall–Kier alpha value is -2.92. The van der Waals surface area contributed by atoms with Crippen molar-refractivity contribution in [2.24, 2.45) is 0 Å². The Labute approximate surface area is 207 Å². The lowest BCUT2D eigenvalue weighted by molar-refractivity contribution is 0.354. The van der Waals surface area contributed by atoms with Gasteiger partial charge in [0.25, 0.3) is 0 Å². The van der Waals surface area contributed by atoms with Gasteiger partial charge in [0.05, 0.1) is 24.0 Å². The van der Waals surface area contributed by atoms with Crippen LogP contribution in [-0.4, -0.2) is 48.4 Å². The molecule has 188 valence electrons. The van der Waals surface area contributed by atoms with Crippen LogP contribution in [-0.2, 0) is 33.0 Å². The van der Waals surface area contributed by atoms with Crippen molar-refractivity contribution in [3.05, 3.63) is 83.9 Å². The first-order valence-corrected chi connectivity index (χ1v) is 14.0. The zero-order valence-electron chi connectivity index (χ0n) is 20.0. The Morgan fingerprint density at radius 2 is 1.40 bits per heavy atom. The predicted molar refractivity (Wildman–Crippen MR) is 135 cm³/mol. The van der Waals surface area contributed by atoms with E-state index < -0.39 is 20.0 Å². The lowest BCUT2D eigenvalue weighted by Gasteiger charge is -2.23. The molecule has 0 bridgehead atoms. The number of nitrogens with zero attached hydrogens (tertiary/aromatic N) is 1. The summed E-state index contributed by atoms with van der Waals surface area (Å²) in [6, 6.07) is 20.1. The van der Waals surface area contributed by atoms with Crippen molar-refractivity contribution in [2.45, 2.75) is 29.7 Å². The number of rotatable bonds is 12. The second kappa shape index (κ2) is 11.7. The van der Waals surface area contributed by atoms with Crippen molar-refractivity contribution in [3.63, 3.8) is 0 Å². The van der Waals surface area contributed by atoms with Gasteiger partial charge in [0.2, 0.25) is 20.0 Å². The molecule has 0 atom stereocenters. The Kier molecular flexibility index (Phi) is 8.90. The summed E-state index contributed by atoms with van der Waals surface area (Å²) < 4.78 is 66.1. The summed E-state index contributed by atoms with van der Waals surface area (Å²) in [7, 11) is -4.49. The number of ether oxygens (including phenoxy) is 2. The van der Waals surface area contributed by atoms with Crippen molar-refractivity contribution < 1.29 is 26.3 Å². The van der Waals surface area contributed by atoms with E-state index in [2.05, 4.69) is 4.72 Å². The standard InChI is InChI=1S/C25H30N2O6S2/c1-4-26-34(28,29)22-11-13-23(14-12-22)35(30,31)27(19-21-8-6-5-7-9-21)17-16-20-10-15-24(32-2)25(18-20)33-3/h5-15,18,26H,4,16-17,19H2,1-3H3.